The number of rotatable bonds is 6. The lowest BCUT2D eigenvalue weighted by Crippen LogP contribution is -2.35. The molecule has 2 heterocycles. The first kappa shape index (κ1) is 16.6. The quantitative estimate of drug-likeness (QED) is 0.817. The van der Waals surface area contributed by atoms with Crippen molar-refractivity contribution in [1.29, 1.82) is 0 Å². The van der Waals surface area contributed by atoms with Crippen LogP contribution in [0.1, 0.15) is 32.1 Å². The number of aryl methyl sites for hydroxylation is 1. The van der Waals surface area contributed by atoms with Gasteiger partial charge in [-0.05, 0) is 43.4 Å². The minimum Gasteiger partial charge on any atom is -0.497 e. The fourth-order valence-corrected chi connectivity index (χ4v) is 3.11. The third-order valence-corrected chi connectivity index (χ3v) is 4.54. The van der Waals surface area contributed by atoms with Crippen LogP contribution in [0.2, 0.25) is 0 Å². The van der Waals surface area contributed by atoms with E-state index >= 15 is 0 Å². The molecular weight excluding hydrogens is 302 g/mol. The van der Waals surface area contributed by atoms with Gasteiger partial charge in [-0.3, -0.25) is 9.48 Å². The van der Waals surface area contributed by atoms with Crippen LogP contribution in [0.3, 0.4) is 0 Å². The number of methoxy groups -OCH3 is 1. The predicted molar refractivity (Wildman–Crippen MR) is 93.9 cm³/mol. The molecule has 1 amide bonds. The molecule has 5 nitrogen and oxygen atoms in total. The van der Waals surface area contributed by atoms with Gasteiger partial charge >= 0.3 is 0 Å². The summed E-state index contributed by atoms with van der Waals surface area (Å²) in [5, 5.41) is 4.41. The number of nitrogens with zero attached hydrogens (tertiary/aromatic N) is 3. The highest BCUT2D eigenvalue weighted by atomic mass is 16.5. The van der Waals surface area contributed by atoms with Gasteiger partial charge in [0.1, 0.15) is 5.75 Å². The summed E-state index contributed by atoms with van der Waals surface area (Å²) in [6.07, 6.45) is 8.90. The standard InChI is InChI=1S/C19H25N3O2/c1-24-18-9-7-16(8-10-18)17-14-20-22(15-17)13-5-6-19(23)21-11-3-2-4-12-21/h7-10,14-15H,2-6,11-13H2,1H3. The fraction of sp³-hybridized carbons (Fsp3) is 0.474. The molecule has 0 saturated carbocycles. The summed E-state index contributed by atoms with van der Waals surface area (Å²) < 4.78 is 7.10. The Morgan fingerprint density at radius 1 is 1.12 bits per heavy atom. The summed E-state index contributed by atoms with van der Waals surface area (Å²) in [6.45, 7) is 2.64. The highest BCUT2D eigenvalue weighted by Crippen LogP contribution is 2.21. The number of carbonyl (C=O) groups is 1. The fourth-order valence-electron chi connectivity index (χ4n) is 3.11. The van der Waals surface area contributed by atoms with Crippen LogP contribution in [-0.4, -0.2) is 40.8 Å². The Hall–Kier alpha value is -2.30. The molecule has 3 rings (SSSR count). The van der Waals surface area contributed by atoms with E-state index in [1.165, 1.54) is 6.42 Å². The number of benzene rings is 1. The van der Waals surface area contributed by atoms with E-state index < -0.39 is 0 Å². The Labute approximate surface area is 143 Å². The second kappa shape index (κ2) is 7.99. The van der Waals surface area contributed by atoms with E-state index in [0.29, 0.717) is 6.42 Å². The number of likely N-dealkylation sites (tertiary alicyclic amines) is 1. The number of amides is 1. The van der Waals surface area contributed by atoms with Crippen molar-refractivity contribution >= 4 is 5.91 Å². The topological polar surface area (TPSA) is 47.4 Å². The van der Waals surface area contributed by atoms with E-state index in [2.05, 4.69) is 5.10 Å². The third kappa shape index (κ3) is 4.16. The van der Waals surface area contributed by atoms with Gasteiger partial charge in [0.05, 0.1) is 13.3 Å². The van der Waals surface area contributed by atoms with Crippen molar-refractivity contribution in [2.45, 2.75) is 38.6 Å². The number of hydrogen-bond acceptors (Lipinski definition) is 3. The number of piperidine rings is 1. The Balaban J connectivity index is 1.49. The molecule has 0 bridgehead atoms. The van der Waals surface area contributed by atoms with Gasteiger partial charge in [-0.1, -0.05) is 12.1 Å². The molecule has 1 aliphatic rings. The van der Waals surface area contributed by atoms with Crippen LogP contribution in [0.5, 0.6) is 5.75 Å². The van der Waals surface area contributed by atoms with Gasteiger partial charge in [-0.25, -0.2) is 0 Å². The molecule has 0 atom stereocenters. The van der Waals surface area contributed by atoms with Crippen molar-refractivity contribution in [2.75, 3.05) is 20.2 Å². The van der Waals surface area contributed by atoms with Crippen molar-refractivity contribution in [3.63, 3.8) is 0 Å². The van der Waals surface area contributed by atoms with Gasteiger partial charge < -0.3 is 9.64 Å². The molecule has 0 radical (unpaired) electrons. The lowest BCUT2D eigenvalue weighted by Gasteiger charge is -2.26. The highest BCUT2D eigenvalue weighted by Gasteiger charge is 2.15. The zero-order valence-corrected chi connectivity index (χ0v) is 14.3. The predicted octanol–water partition coefficient (Wildman–Crippen LogP) is 3.35. The average molecular weight is 327 g/mol. The third-order valence-electron chi connectivity index (χ3n) is 4.54. The summed E-state index contributed by atoms with van der Waals surface area (Å²) in [7, 11) is 1.66. The molecule has 1 aromatic heterocycles. The van der Waals surface area contributed by atoms with Crippen LogP contribution in [0.25, 0.3) is 11.1 Å². The van der Waals surface area contributed by atoms with Crippen LogP contribution < -0.4 is 4.74 Å². The van der Waals surface area contributed by atoms with Crippen LogP contribution in [0.4, 0.5) is 0 Å². The molecule has 1 fully saturated rings. The van der Waals surface area contributed by atoms with Crippen LogP contribution in [0, 0.1) is 0 Å². The maximum atomic E-state index is 12.2. The average Bonchev–Trinajstić information content (AvgIpc) is 3.11. The summed E-state index contributed by atoms with van der Waals surface area (Å²) in [4.78, 5) is 14.2. The first-order valence-electron chi connectivity index (χ1n) is 8.71. The lowest BCUT2D eigenvalue weighted by molar-refractivity contribution is -0.132. The van der Waals surface area contributed by atoms with Crippen molar-refractivity contribution in [3.05, 3.63) is 36.7 Å². The van der Waals surface area contributed by atoms with E-state index in [0.717, 1.165) is 55.8 Å². The molecule has 1 saturated heterocycles. The van der Waals surface area contributed by atoms with E-state index in [4.69, 9.17) is 4.74 Å². The molecule has 0 N–H and O–H groups in total. The minimum atomic E-state index is 0.289. The van der Waals surface area contributed by atoms with Gasteiger partial charge in [0.25, 0.3) is 0 Å². The van der Waals surface area contributed by atoms with Gasteiger partial charge in [0.2, 0.25) is 5.91 Å². The lowest BCUT2D eigenvalue weighted by atomic mass is 10.1. The van der Waals surface area contributed by atoms with Gasteiger partial charge in [0.15, 0.2) is 0 Å². The second-order valence-corrected chi connectivity index (χ2v) is 6.27. The highest BCUT2D eigenvalue weighted by molar-refractivity contribution is 5.76. The largest absolute Gasteiger partial charge is 0.497 e. The molecule has 0 aliphatic carbocycles. The van der Waals surface area contributed by atoms with Crippen molar-refractivity contribution in [3.8, 4) is 16.9 Å². The summed E-state index contributed by atoms with van der Waals surface area (Å²) >= 11 is 0. The number of hydrogen-bond donors (Lipinski definition) is 0. The van der Waals surface area contributed by atoms with E-state index in [9.17, 15) is 4.79 Å². The van der Waals surface area contributed by atoms with E-state index in [-0.39, 0.29) is 5.91 Å². The molecule has 24 heavy (non-hydrogen) atoms. The number of carbonyl (C=O) groups excluding carboxylic acids is 1. The SMILES string of the molecule is COc1ccc(-c2cnn(CCCC(=O)N3CCCCC3)c2)cc1. The summed E-state index contributed by atoms with van der Waals surface area (Å²) in [6, 6.07) is 7.95. The van der Waals surface area contributed by atoms with Crippen LogP contribution in [0.15, 0.2) is 36.7 Å². The zero-order valence-electron chi connectivity index (χ0n) is 14.3. The smallest absolute Gasteiger partial charge is 0.222 e. The molecule has 0 unspecified atom stereocenters. The Morgan fingerprint density at radius 3 is 2.58 bits per heavy atom. The maximum absolute atomic E-state index is 12.2. The monoisotopic (exact) mass is 327 g/mol. The maximum Gasteiger partial charge on any atom is 0.222 e. The van der Waals surface area contributed by atoms with Gasteiger partial charge in [-0.15, -0.1) is 0 Å². The Morgan fingerprint density at radius 2 is 1.88 bits per heavy atom. The normalized spacial score (nSPS) is 14.6. The van der Waals surface area contributed by atoms with Crippen LogP contribution in [-0.2, 0) is 11.3 Å². The van der Waals surface area contributed by atoms with Gasteiger partial charge in [-0.2, -0.15) is 5.10 Å². The molecule has 2 aromatic rings. The number of ether oxygens (including phenoxy) is 1. The number of aromatic nitrogens is 2. The molecule has 5 heteroatoms. The Bertz CT molecular complexity index is 658. The molecule has 128 valence electrons. The van der Waals surface area contributed by atoms with E-state index in [1.54, 1.807) is 7.11 Å². The molecule has 0 spiro atoms. The minimum absolute atomic E-state index is 0.289. The zero-order chi connectivity index (χ0) is 16.8. The molecular formula is C19H25N3O2. The van der Waals surface area contributed by atoms with Crippen LogP contribution >= 0.6 is 0 Å². The molecule has 1 aliphatic heterocycles. The van der Waals surface area contributed by atoms with E-state index in [1.807, 2.05) is 46.2 Å². The Kier molecular flexibility index (Phi) is 5.51. The van der Waals surface area contributed by atoms with Crippen molar-refractivity contribution in [1.82, 2.24) is 14.7 Å². The second-order valence-electron chi connectivity index (χ2n) is 6.27. The van der Waals surface area contributed by atoms with Crippen molar-refractivity contribution < 1.29 is 9.53 Å². The first-order valence-corrected chi connectivity index (χ1v) is 8.71. The van der Waals surface area contributed by atoms with Gasteiger partial charge in [0, 0.05) is 37.8 Å². The summed E-state index contributed by atoms with van der Waals surface area (Å²) in [5.41, 5.74) is 2.20. The molecule has 1 aromatic carbocycles. The summed E-state index contributed by atoms with van der Waals surface area (Å²) in [5.74, 6) is 1.14. The first-order chi connectivity index (χ1) is 11.8. The van der Waals surface area contributed by atoms with Crippen molar-refractivity contribution in [2.24, 2.45) is 0 Å².